The summed E-state index contributed by atoms with van der Waals surface area (Å²) in [4.78, 5) is 0. The van der Waals surface area contributed by atoms with E-state index in [1.807, 2.05) is 31.2 Å². The monoisotopic (exact) mass is 280 g/mol. The van der Waals surface area contributed by atoms with Crippen molar-refractivity contribution in [2.24, 2.45) is 0 Å². The largest absolute Gasteiger partial charge is 0.409 e. The Morgan fingerprint density at radius 3 is 2.05 bits per heavy atom. The van der Waals surface area contributed by atoms with Gasteiger partial charge in [-0.1, -0.05) is 42.0 Å². The number of rotatable bonds is 2. The molecule has 0 saturated heterocycles. The molecule has 0 aliphatic rings. The topological polar surface area (TPSA) is 0 Å². The van der Waals surface area contributed by atoms with Gasteiger partial charge in [-0.2, -0.15) is 13.2 Å². The second-order valence-corrected chi connectivity index (χ2v) is 4.48. The third-order valence-electron chi connectivity index (χ3n) is 2.84. The highest BCUT2D eigenvalue weighted by Gasteiger charge is 2.22. The van der Waals surface area contributed by atoms with E-state index < -0.39 is 12.0 Å². The average Bonchev–Trinajstić information content (AvgIpc) is 2.37. The number of benzene rings is 2. The van der Waals surface area contributed by atoms with Gasteiger partial charge in [-0.05, 0) is 30.2 Å². The van der Waals surface area contributed by atoms with Crippen LogP contribution >= 0.6 is 0 Å². The molecule has 0 nitrogen and oxygen atoms in total. The Morgan fingerprint density at radius 2 is 1.50 bits per heavy atom. The van der Waals surface area contributed by atoms with Gasteiger partial charge in [0.2, 0.25) is 0 Å². The molecular formula is C16H12F4. The van der Waals surface area contributed by atoms with Gasteiger partial charge >= 0.3 is 6.18 Å². The minimum Gasteiger partial charge on any atom is -0.206 e. The van der Waals surface area contributed by atoms with Gasteiger partial charge < -0.3 is 0 Å². The van der Waals surface area contributed by atoms with Crippen LogP contribution in [0.4, 0.5) is 17.6 Å². The fraction of sp³-hybridized carbons (Fsp3) is 0.125. The highest BCUT2D eigenvalue weighted by molar-refractivity contribution is 5.66. The zero-order valence-corrected chi connectivity index (χ0v) is 10.7. The number of hydrogen-bond donors (Lipinski definition) is 0. The van der Waals surface area contributed by atoms with Crippen LogP contribution in [0, 0.1) is 12.7 Å². The number of allylic oxidation sites excluding steroid dienone is 1. The summed E-state index contributed by atoms with van der Waals surface area (Å²) < 4.78 is 49.9. The van der Waals surface area contributed by atoms with Gasteiger partial charge in [0.05, 0.1) is 0 Å². The Balaban J connectivity index is 2.30. The first-order valence-electron chi connectivity index (χ1n) is 5.98. The third kappa shape index (κ3) is 3.70. The lowest BCUT2D eigenvalue weighted by atomic mass is 10.0. The Hall–Kier alpha value is -2.10. The molecule has 0 aliphatic heterocycles. The quantitative estimate of drug-likeness (QED) is 0.648. The minimum atomic E-state index is -4.44. The van der Waals surface area contributed by atoms with E-state index >= 15 is 0 Å². The van der Waals surface area contributed by atoms with Crippen molar-refractivity contribution in [1.29, 1.82) is 0 Å². The van der Waals surface area contributed by atoms with Gasteiger partial charge in [-0.15, -0.1) is 0 Å². The molecule has 0 amide bonds. The van der Waals surface area contributed by atoms with Gasteiger partial charge in [0, 0.05) is 11.6 Å². The van der Waals surface area contributed by atoms with E-state index in [1.54, 1.807) is 6.07 Å². The molecule has 2 aromatic carbocycles. The maximum Gasteiger partial charge on any atom is 0.409 e. The zero-order chi connectivity index (χ0) is 14.8. The first-order valence-corrected chi connectivity index (χ1v) is 5.98. The van der Waals surface area contributed by atoms with Crippen LogP contribution in [-0.2, 0) is 0 Å². The van der Waals surface area contributed by atoms with Crippen molar-refractivity contribution in [2.75, 3.05) is 0 Å². The maximum absolute atomic E-state index is 13.8. The second kappa shape index (κ2) is 5.49. The summed E-state index contributed by atoms with van der Waals surface area (Å²) in [7, 11) is 0. The van der Waals surface area contributed by atoms with Crippen molar-refractivity contribution in [3.63, 3.8) is 0 Å². The number of aryl methyl sites for hydroxylation is 1. The second-order valence-electron chi connectivity index (χ2n) is 4.48. The zero-order valence-electron chi connectivity index (χ0n) is 10.7. The van der Waals surface area contributed by atoms with Crippen molar-refractivity contribution in [2.45, 2.75) is 13.1 Å². The summed E-state index contributed by atoms with van der Waals surface area (Å²) in [6.45, 7) is 1.94. The molecule has 0 unspecified atom stereocenters. The van der Waals surface area contributed by atoms with Gasteiger partial charge in [-0.3, -0.25) is 0 Å². The van der Waals surface area contributed by atoms with E-state index in [-0.39, 0.29) is 11.6 Å². The molecular weight excluding hydrogens is 268 g/mol. The van der Waals surface area contributed by atoms with Crippen molar-refractivity contribution in [3.05, 3.63) is 65.5 Å². The molecule has 0 N–H and O–H groups in total. The molecule has 0 aromatic heterocycles. The maximum atomic E-state index is 13.8. The normalized spacial score (nSPS) is 12.1. The fourth-order valence-electron chi connectivity index (χ4n) is 1.77. The van der Waals surface area contributed by atoms with Crippen molar-refractivity contribution < 1.29 is 17.6 Å². The van der Waals surface area contributed by atoms with Crippen LogP contribution in [0.2, 0.25) is 0 Å². The highest BCUT2D eigenvalue weighted by Crippen LogP contribution is 2.24. The van der Waals surface area contributed by atoms with Crippen molar-refractivity contribution in [1.82, 2.24) is 0 Å². The molecule has 0 spiro atoms. The first-order chi connectivity index (χ1) is 9.35. The number of alkyl halides is 3. The van der Waals surface area contributed by atoms with Crippen LogP contribution in [0.25, 0.3) is 17.2 Å². The van der Waals surface area contributed by atoms with Gasteiger partial charge in [0.15, 0.2) is 0 Å². The Labute approximate surface area is 114 Å². The smallest absolute Gasteiger partial charge is 0.206 e. The molecule has 0 saturated carbocycles. The molecule has 0 bridgehead atoms. The van der Waals surface area contributed by atoms with Crippen molar-refractivity contribution >= 4 is 6.08 Å². The van der Waals surface area contributed by atoms with Crippen LogP contribution in [0.3, 0.4) is 0 Å². The Morgan fingerprint density at radius 1 is 0.900 bits per heavy atom. The molecule has 2 aromatic rings. The van der Waals surface area contributed by atoms with Gasteiger partial charge in [0.25, 0.3) is 0 Å². The average molecular weight is 280 g/mol. The summed E-state index contributed by atoms with van der Waals surface area (Å²) >= 11 is 0. The van der Waals surface area contributed by atoms with Crippen LogP contribution < -0.4 is 0 Å². The van der Waals surface area contributed by atoms with Gasteiger partial charge in [-0.25, -0.2) is 4.39 Å². The highest BCUT2D eigenvalue weighted by atomic mass is 19.4. The van der Waals surface area contributed by atoms with Crippen LogP contribution in [-0.4, -0.2) is 6.18 Å². The summed E-state index contributed by atoms with van der Waals surface area (Å²) in [5.41, 5.74) is 2.45. The van der Waals surface area contributed by atoms with Crippen LogP contribution in [0.15, 0.2) is 48.5 Å². The standard InChI is InChI=1S/C16H12F4/c1-11-2-4-12(5-3-11)14-7-6-13(15(17)10-14)8-9-16(18,19)20/h2-10H,1H3. The lowest BCUT2D eigenvalue weighted by Gasteiger charge is -2.05. The predicted octanol–water partition coefficient (Wildman–Crippen LogP) is 5.38. The lowest BCUT2D eigenvalue weighted by molar-refractivity contribution is -0.0790. The number of hydrogen-bond acceptors (Lipinski definition) is 0. The fourth-order valence-corrected chi connectivity index (χ4v) is 1.77. The molecule has 20 heavy (non-hydrogen) atoms. The van der Waals surface area contributed by atoms with Crippen molar-refractivity contribution in [3.8, 4) is 11.1 Å². The lowest BCUT2D eigenvalue weighted by Crippen LogP contribution is -2.00. The van der Waals surface area contributed by atoms with E-state index in [2.05, 4.69) is 0 Å². The SMILES string of the molecule is Cc1ccc(-c2ccc(C=CC(F)(F)F)c(F)c2)cc1. The molecule has 0 fully saturated rings. The molecule has 0 atom stereocenters. The first kappa shape index (κ1) is 14.3. The summed E-state index contributed by atoms with van der Waals surface area (Å²) in [6.07, 6.45) is -3.69. The third-order valence-corrected chi connectivity index (χ3v) is 2.84. The van der Waals surface area contributed by atoms with E-state index in [1.165, 1.54) is 12.1 Å². The van der Waals surface area contributed by atoms with E-state index in [0.29, 0.717) is 5.56 Å². The summed E-state index contributed by atoms with van der Waals surface area (Å²) in [6, 6.07) is 11.7. The summed E-state index contributed by atoms with van der Waals surface area (Å²) in [5, 5.41) is 0. The molecule has 4 heteroatoms. The molecule has 0 heterocycles. The minimum absolute atomic E-state index is 0.0248. The Bertz CT molecular complexity index is 622. The molecule has 0 aliphatic carbocycles. The van der Waals surface area contributed by atoms with Crippen LogP contribution in [0.1, 0.15) is 11.1 Å². The van der Waals surface area contributed by atoms with E-state index in [9.17, 15) is 17.6 Å². The van der Waals surface area contributed by atoms with E-state index in [0.717, 1.165) is 17.2 Å². The predicted molar refractivity (Wildman–Crippen MR) is 71.7 cm³/mol. The Kier molecular flexibility index (Phi) is 3.93. The summed E-state index contributed by atoms with van der Waals surface area (Å²) in [5.74, 6) is -0.677. The van der Waals surface area contributed by atoms with Crippen LogP contribution in [0.5, 0.6) is 0 Å². The molecule has 104 valence electrons. The molecule has 2 rings (SSSR count). The van der Waals surface area contributed by atoms with Gasteiger partial charge in [0.1, 0.15) is 5.82 Å². The molecule has 0 radical (unpaired) electrons. The van der Waals surface area contributed by atoms with E-state index in [4.69, 9.17) is 0 Å². The number of halogens is 4.